The first-order chi connectivity index (χ1) is 12.2. The highest BCUT2D eigenvalue weighted by molar-refractivity contribution is 5.79. The van der Waals surface area contributed by atoms with Crippen molar-refractivity contribution >= 4 is 5.91 Å². The Morgan fingerprint density at radius 2 is 2.00 bits per heavy atom. The van der Waals surface area contributed by atoms with Gasteiger partial charge in [-0.3, -0.25) is 9.48 Å². The summed E-state index contributed by atoms with van der Waals surface area (Å²) in [4.78, 5) is 14.8. The van der Waals surface area contributed by atoms with Crippen molar-refractivity contribution < 1.29 is 4.79 Å². The molecule has 6 nitrogen and oxygen atoms in total. The van der Waals surface area contributed by atoms with Gasteiger partial charge in [-0.25, -0.2) is 4.68 Å². The molecule has 0 radical (unpaired) electrons. The third kappa shape index (κ3) is 3.20. The summed E-state index contributed by atoms with van der Waals surface area (Å²) in [6.45, 7) is 0.811. The van der Waals surface area contributed by atoms with Crippen LogP contribution in [-0.4, -0.2) is 36.9 Å². The van der Waals surface area contributed by atoms with Gasteiger partial charge in [0.05, 0.1) is 30.5 Å². The maximum Gasteiger partial charge on any atom is 0.227 e. The van der Waals surface area contributed by atoms with Crippen LogP contribution in [0, 0.1) is 0 Å². The molecule has 0 N–H and O–H groups in total. The molecule has 4 rings (SSSR count). The van der Waals surface area contributed by atoms with Gasteiger partial charge in [-0.1, -0.05) is 18.2 Å². The number of carbonyl (C=O) groups excluding carboxylic acids is 1. The van der Waals surface area contributed by atoms with E-state index in [4.69, 9.17) is 0 Å². The van der Waals surface area contributed by atoms with Gasteiger partial charge < -0.3 is 4.90 Å². The molecule has 1 aliphatic heterocycles. The summed E-state index contributed by atoms with van der Waals surface area (Å²) in [5.41, 5.74) is 3.05. The van der Waals surface area contributed by atoms with Crippen molar-refractivity contribution in [2.75, 3.05) is 6.54 Å². The molecule has 2 aromatic heterocycles. The summed E-state index contributed by atoms with van der Waals surface area (Å²) in [5.74, 6) is 0.152. The van der Waals surface area contributed by atoms with Crippen LogP contribution < -0.4 is 0 Å². The summed E-state index contributed by atoms with van der Waals surface area (Å²) in [6.07, 6.45) is 9.99. The Kier molecular flexibility index (Phi) is 4.09. The smallest absolute Gasteiger partial charge is 0.227 e. The van der Waals surface area contributed by atoms with Crippen LogP contribution in [-0.2, 0) is 18.3 Å². The van der Waals surface area contributed by atoms with Gasteiger partial charge in [0, 0.05) is 31.5 Å². The fraction of sp³-hybridized carbons (Fsp3) is 0.316. The van der Waals surface area contributed by atoms with Gasteiger partial charge in [0.2, 0.25) is 5.91 Å². The first-order valence-electron chi connectivity index (χ1n) is 8.58. The van der Waals surface area contributed by atoms with Crippen molar-refractivity contribution in [1.29, 1.82) is 0 Å². The molecular weight excluding hydrogens is 314 g/mol. The fourth-order valence-electron chi connectivity index (χ4n) is 3.47. The Labute approximate surface area is 146 Å². The number of nitrogens with zero attached hydrogens (tertiary/aromatic N) is 5. The van der Waals surface area contributed by atoms with Gasteiger partial charge in [0.1, 0.15) is 0 Å². The number of hydrogen-bond acceptors (Lipinski definition) is 3. The SMILES string of the molecule is Cn1cc([C@@H]2CCCN2C(=O)Cc2cnn(-c3ccccc3)c2)cn1. The largest absolute Gasteiger partial charge is 0.335 e. The summed E-state index contributed by atoms with van der Waals surface area (Å²) in [7, 11) is 1.91. The van der Waals surface area contributed by atoms with E-state index < -0.39 is 0 Å². The third-order valence-electron chi connectivity index (χ3n) is 4.69. The fourth-order valence-corrected chi connectivity index (χ4v) is 3.47. The Morgan fingerprint density at radius 3 is 2.76 bits per heavy atom. The van der Waals surface area contributed by atoms with E-state index in [0.29, 0.717) is 6.42 Å². The van der Waals surface area contributed by atoms with Crippen LogP contribution in [0.4, 0.5) is 0 Å². The molecule has 25 heavy (non-hydrogen) atoms. The predicted octanol–water partition coefficient (Wildman–Crippen LogP) is 2.51. The molecule has 0 spiro atoms. The van der Waals surface area contributed by atoms with Crippen LogP contribution in [0.25, 0.3) is 5.69 Å². The van der Waals surface area contributed by atoms with Crippen molar-refractivity contribution in [1.82, 2.24) is 24.5 Å². The number of benzene rings is 1. The highest BCUT2D eigenvalue weighted by Crippen LogP contribution is 2.32. The first-order valence-corrected chi connectivity index (χ1v) is 8.58. The van der Waals surface area contributed by atoms with Gasteiger partial charge in [-0.15, -0.1) is 0 Å². The molecule has 1 aromatic carbocycles. The van der Waals surface area contributed by atoms with E-state index in [0.717, 1.165) is 36.2 Å². The zero-order valence-corrected chi connectivity index (χ0v) is 14.2. The second-order valence-electron chi connectivity index (χ2n) is 6.50. The van der Waals surface area contributed by atoms with E-state index in [-0.39, 0.29) is 11.9 Å². The number of likely N-dealkylation sites (tertiary alicyclic amines) is 1. The predicted molar refractivity (Wildman–Crippen MR) is 94.2 cm³/mol. The van der Waals surface area contributed by atoms with Gasteiger partial charge in [-0.2, -0.15) is 10.2 Å². The maximum atomic E-state index is 12.8. The standard InChI is InChI=1S/C19H21N5O/c1-22-14-16(12-20-22)18-8-5-9-23(18)19(25)10-15-11-21-24(13-15)17-6-3-2-4-7-17/h2-4,6-7,11-14,18H,5,8-10H2,1H3/t18-/m0/s1. The summed E-state index contributed by atoms with van der Waals surface area (Å²) < 4.78 is 3.60. The van der Waals surface area contributed by atoms with E-state index in [1.54, 1.807) is 10.9 Å². The van der Waals surface area contributed by atoms with Crippen LogP contribution in [0.1, 0.15) is 30.0 Å². The average Bonchev–Trinajstić information content (AvgIpc) is 3.35. The quantitative estimate of drug-likeness (QED) is 0.736. The van der Waals surface area contributed by atoms with Crippen LogP contribution >= 0.6 is 0 Å². The van der Waals surface area contributed by atoms with E-state index in [1.165, 1.54) is 0 Å². The number of aryl methyl sites for hydroxylation is 1. The monoisotopic (exact) mass is 335 g/mol. The number of rotatable bonds is 4. The van der Waals surface area contributed by atoms with Crippen molar-refractivity contribution in [2.45, 2.75) is 25.3 Å². The highest BCUT2D eigenvalue weighted by Gasteiger charge is 2.30. The summed E-state index contributed by atoms with van der Waals surface area (Å²) in [6, 6.07) is 10.1. The normalized spacial score (nSPS) is 17.2. The van der Waals surface area contributed by atoms with Crippen LogP contribution in [0.3, 0.4) is 0 Å². The molecule has 0 aliphatic carbocycles. The van der Waals surface area contributed by atoms with E-state index in [2.05, 4.69) is 10.2 Å². The lowest BCUT2D eigenvalue weighted by atomic mass is 10.1. The van der Waals surface area contributed by atoms with Crippen LogP contribution in [0.5, 0.6) is 0 Å². The number of hydrogen-bond donors (Lipinski definition) is 0. The maximum absolute atomic E-state index is 12.8. The van der Waals surface area contributed by atoms with E-state index in [1.807, 2.05) is 65.6 Å². The van der Waals surface area contributed by atoms with Crippen molar-refractivity contribution in [2.24, 2.45) is 7.05 Å². The molecule has 6 heteroatoms. The molecule has 1 saturated heterocycles. The molecular formula is C19H21N5O. The molecule has 0 bridgehead atoms. The second-order valence-corrected chi connectivity index (χ2v) is 6.50. The van der Waals surface area contributed by atoms with Crippen LogP contribution in [0.2, 0.25) is 0 Å². The molecule has 0 unspecified atom stereocenters. The topological polar surface area (TPSA) is 56.0 Å². The van der Waals surface area contributed by atoms with Gasteiger partial charge in [-0.05, 0) is 30.5 Å². The Hall–Kier alpha value is -2.89. The first kappa shape index (κ1) is 15.6. The zero-order valence-electron chi connectivity index (χ0n) is 14.2. The van der Waals surface area contributed by atoms with E-state index >= 15 is 0 Å². The molecule has 1 atom stereocenters. The minimum Gasteiger partial charge on any atom is -0.335 e. The van der Waals surface area contributed by atoms with Crippen LogP contribution in [0.15, 0.2) is 55.1 Å². The minimum atomic E-state index is 0.144. The highest BCUT2D eigenvalue weighted by atomic mass is 16.2. The molecule has 3 aromatic rings. The molecule has 0 saturated carbocycles. The lowest BCUT2D eigenvalue weighted by Crippen LogP contribution is -2.31. The average molecular weight is 335 g/mol. The lowest BCUT2D eigenvalue weighted by Gasteiger charge is -2.23. The second kappa shape index (κ2) is 6.55. The number of amides is 1. The molecule has 1 aliphatic rings. The summed E-state index contributed by atoms with van der Waals surface area (Å²) >= 11 is 0. The third-order valence-corrected chi connectivity index (χ3v) is 4.69. The molecule has 128 valence electrons. The molecule has 1 fully saturated rings. The van der Waals surface area contributed by atoms with Crippen molar-refractivity contribution in [3.8, 4) is 5.69 Å². The lowest BCUT2D eigenvalue weighted by molar-refractivity contribution is -0.131. The Bertz CT molecular complexity index is 867. The Morgan fingerprint density at radius 1 is 1.16 bits per heavy atom. The van der Waals surface area contributed by atoms with Crippen molar-refractivity contribution in [3.05, 3.63) is 66.2 Å². The summed E-state index contributed by atoms with van der Waals surface area (Å²) in [5, 5.41) is 8.62. The number of aromatic nitrogens is 4. The van der Waals surface area contributed by atoms with Gasteiger partial charge in [0.15, 0.2) is 0 Å². The van der Waals surface area contributed by atoms with Gasteiger partial charge in [0.25, 0.3) is 0 Å². The number of para-hydroxylation sites is 1. The molecule has 3 heterocycles. The molecule has 1 amide bonds. The minimum absolute atomic E-state index is 0.144. The van der Waals surface area contributed by atoms with Gasteiger partial charge >= 0.3 is 0 Å². The zero-order chi connectivity index (χ0) is 17.2. The van der Waals surface area contributed by atoms with Crippen molar-refractivity contribution in [3.63, 3.8) is 0 Å². The number of carbonyl (C=O) groups is 1. The Balaban J connectivity index is 1.47. The van der Waals surface area contributed by atoms with E-state index in [9.17, 15) is 4.79 Å².